The van der Waals surface area contributed by atoms with Gasteiger partial charge in [0.25, 0.3) is 0 Å². The molecule has 2 N–H and O–H groups in total. The monoisotopic (exact) mass is 256 g/mol. The summed E-state index contributed by atoms with van der Waals surface area (Å²) in [6.07, 6.45) is 4.41. The second-order valence-electron chi connectivity index (χ2n) is 3.87. The highest BCUT2D eigenvalue weighted by Gasteiger charge is 2.18. The van der Waals surface area contributed by atoms with Crippen molar-refractivity contribution < 1.29 is 8.91 Å². The van der Waals surface area contributed by atoms with Crippen molar-refractivity contribution in [3.63, 3.8) is 0 Å². The number of hydrogen-bond donors (Lipinski definition) is 1. The van der Waals surface area contributed by atoms with E-state index in [-0.39, 0.29) is 5.88 Å². The predicted octanol–water partition coefficient (Wildman–Crippen LogP) is 2.52. The van der Waals surface area contributed by atoms with E-state index >= 15 is 0 Å². The number of nitrogens with two attached hydrogens (primary N) is 1. The highest BCUT2D eigenvalue weighted by molar-refractivity contribution is 5.85. The molecule has 3 rings (SSSR count). The summed E-state index contributed by atoms with van der Waals surface area (Å²) in [4.78, 5) is 7.92. The fourth-order valence-electron chi connectivity index (χ4n) is 1.79. The lowest BCUT2D eigenvalue weighted by Crippen LogP contribution is -1.90. The molecule has 0 amide bonds. The molecule has 0 aromatic carbocycles. The Morgan fingerprint density at radius 3 is 2.58 bits per heavy atom. The third kappa shape index (κ3) is 2.03. The van der Waals surface area contributed by atoms with Crippen molar-refractivity contribution in [2.24, 2.45) is 0 Å². The largest absolute Gasteiger partial charge is 0.367 e. The van der Waals surface area contributed by atoms with Gasteiger partial charge < -0.3 is 10.3 Å². The minimum Gasteiger partial charge on any atom is -0.367 e. The topological polar surface area (TPSA) is 77.8 Å². The molecule has 3 heterocycles. The molecule has 6 heteroatoms. The fraction of sp³-hybridized carbons (Fsp3) is 0. The number of hydrogen-bond acceptors (Lipinski definition) is 5. The van der Waals surface area contributed by atoms with Crippen molar-refractivity contribution in [1.82, 2.24) is 15.1 Å². The Hall–Kier alpha value is -2.76. The Bertz CT molecular complexity index is 694. The normalized spacial score (nSPS) is 10.6. The van der Waals surface area contributed by atoms with E-state index in [9.17, 15) is 4.39 Å². The third-order valence-corrected chi connectivity index (χ3v) is 2.66. The second kappa shape index (κ2) is 4.49. The third-order valence-electron chi connectivity index (χ3n) is 2.66. The lowest BCUT2D eigenvalue weighted by atomic mass is 10.1. The Morgan fingerprint density at radius 1 is 1.11 bits per heavy atom. The van der Waals surface area contributed by atoms with Crippen molar-refractivity contribution in [1.29, 1.82) is 0 Å². The van der Waals surface area contributed by atoms with Gasteiger partial charge in [-0.05, 0) is 29.8 Å². The highest BCUT2D eigenvalue weighted by Crippen LogP contribution is 2.34. The van der Waals surface area contributed by atoms with Gasteiger partial charge in [0.05, 0.1) is 17.5 Å². The van der Waals surface area contributed by atoms with Gasteiger partial charge in [-0.1, -0.05) is 5.16 Å². The predicted molar refractivity (Wildman–Crippen MR) is 67.3 cm³/mol. The van der Waals surface area contributed by atoms with Crippen LogP contribution in [0.3, 0.4) is 0 Å². The molecule has 0 unspecified atom stereocenters. The van der Waals surface area contributed by atoms with Crippen LogP contribution in [0, 0.1) is 5.82 Å². The average molecular weight is 256 g/mol. The number of rotatable bonds is 2. The molecule has 0 aliphatic carbocycles. The fourth-order valence-corrected chi connectivity index (χ4v) is 1.79. The summed E-state index contributed by atoms with van der Waals surface area (Å²) < 4.78 is 17.9. The minimum absolute atomic E-state index is 0.187. The first-order valence-electron chi connectivity index (χ1n) is 5.53. The summed E-state index contributed by atoms with van der Waals surface area (Å²) in [5.41, 5.74) is 8.20. The van der Waals surface area contributed by atoms with Crippen molar-refractivity contribution in [2.75, 3.05) is 5.73 Å². The lowest BCUT2D eigenvalue weighted by Gasteiger charge is -2.01. The van der Waals surface area contributed by atoms with E-state index in [1.165, 1.54) is 12.1 Å². The van der Waals surface area contributed by atoms with E-state index in [4.69, 9.17) is 10.3 Å². The molecule has 0 spiro atoms. The number of pyridine rings is 2. The zero-order chi connectivity index (χ0) is 13.2. The van der Waals surface area contributed by atoms with Crippen LogP contribution in [0.1, 0.15) is 0 Å². The molecule has 0 saturated carbocycles. The van der Waals surface area contributed by atoms with Gasteiger partial charge in [0.15, 0.2) is 0 Å². The van der Waals surface area contributed by atoms with Crippen LogP contribution in [0.25, 0.3) is 22.5 Å². The van der Waals surface area contributed by atoms with E-state index in [0.717, 1.165) is 11.8 Å². The van der Waals surface area contributed by atoms with Crippen LogP contribution < -0.4 is 5.73 Å². The van der Waals surface area contributed by atoms with Crippen LogP contribution in [0.2, 0.25) is 0 Å². The van der Waals surface area contributed by atoms with Gasteiger partial charge in [0, 0.05) is 12.4 Å². The zero-order valence-electron chi connectivity index (χ0n) is 9.75. The first-order chi connectivity index (χ1) is 9.25. The summed E-state index contributed by atoms with van der Waals surface area (Å²) >= 11 is 0. The van der Waals surface area contributed by atoms with Crippen molar-refractivity contribution in [2.45, 2.75) is 0 Å². The highest BCUT2D eigenvalue weighted by atomic mass is 19.1. The van der Waals surface area contributed by atoms with Gasteiger partial charge in [-0.25, -0.2) is 4.39 Å². The second-order valence-corrected chi connectivity index (χ2v) is 3.87. The van der Waals surface area contributed by atoms with E-state index in [1.54, 1.807) is 24.5 Å². The van der Waals surface area contributed by atoms with Gasteiger partial charge in [-0.2, -0.15) is 0 Å². The molecule has 0 radical (unpaired) electrons. The molecule has 0 bridgehead atoms. The lowest BCUT2D eigenvalue weighted by molar-refractivity contribution is 0.439. The van der Waals surface area contributed by atoms with E-state index in [2.05, 4.69) is 15.1 Å². The van der Waals surface area contributed by atoms with Crippen LogP contribution in [0.4, 0.5) is 10.3 Å². The van der Waals surface area contributed by atoms with Gasteiger partial charge in [-0.15, -0.1) is 0 Å². The van der Waals surface area contributed by atoms with Gasteiger partial charge in [-0.3, -0.25) is 9.97 Å². The average Bonchev–Trinajstić information content (AvgIpc) is 2.82. The summed E-state index contributed by atoms with van der Waals surface area (Å²) in [6.45, 7) is 0. The van der Waals surface area contributed by atoms with Crippen LogP contribution >= 0.6 is 0 Å². The van der Waals surface area contributed by atoms with Crippen molar-refractivity contribution in [3.8, 4) is 22.5 Å². The van der Waals surface area contributed by atoms with E-state index in [1.807, 2.05) is 0 Å². The number of anilines is 1. The molecule has 0 atom stereocenters. The van der Waals surface area contributed by atoms with Crippen LogP contribution in [-0.2, 0) is 0 Å². The Labute approximate surface area is 107 Å². The SMILES string of the molecule is Nc1onc(-c2ccc(F)cn2)c1-c1ccncc1. The molecule has 0 aliphatic rings. The molecule has 0 saturated heterocycles. The maximum atomic E-state index is 12.9. The maximum absolute atomic E-state index is 12.9. The first kappa shape index (κ1) is 11.3. The molecule has 5 nitrogen and oxygen atoms in total. The van der Waals surface area contributed by atoms with Crippen LogP contribution in [-0.4, -0.2) is 15.1 Å². The molecular formula is C13H9FN4O. The maximum Gasteiger partial charge on any atom is 0.230 e. The number of halogens is 1. The number of nitrogens with zero attached hydrogens (tertiary/aromatic N) is 3. The number of aromatic nitrogens is 3. The molecule has 3 aromatic rings. The molecule has 0 aliphatic heterocycles. The van der Waals surface area contributed by atoms with Crippen LogP contribution in [0.5, 0.6) is 0 Å². The molecule has 3 aromatic heterocycles. The zero-order valence-corrected chi connectivity index (χ0v) is 9.75. The van der Waals surface area contributed by atoms with Gasteiger partial charge >= 0.3 is 0 Å². The summed E-state index contributed by atoms with van der Waals surface area (Å²) in [5, 5.41) is 3.89. The molecule has 19 heavy (non-hydrogen) atoms. The molecule has 0 fully saturated rings. The van der Waals surface area contributed by atoms with Crippen molar-refractivity contribution >= 4 is 5.88 Å². The molecule has 94 valence electrons. The molecular weight excluding hydrogens is 247 g/mol. The quantitative estimate of drug-likeness (QED) is 0.762. The standard InChI is InChI=1S/C13H9FN4O/c14-9-1-2-10(17-7-9)12-11(13(15)19-18-12)8-3-5-16-6-4-8/h1-7H,15H2. The smallest absolute Gasteiger partial charge is 0.230 e. The summed E-state index contributed by atoms with van der Waals surface area (Å²) in [6, 6.07) is 6.41. The van der Waals surface area contributed by atoms with Gasteiger partial charge in [0.1, 0.15) is 11.5 Å². The summed E-state index contributed by atoms with van der Waals surface area (Å²) in [7, 11) is 0. The Balaban J connectivity index is 2.16. The van der Waals surface area contributed by atoms with Crippen LogP contribution in [0.15, 0.2) is 47.4 Å². The Kier molecular flexibility index (Phi) is 2.68. The minimum atomic E-state index is -0.411. The number of nitrogen functional groups attached to an aromatic ring is 1. The summed E-state index contributed by atoms with van der Waals surface area (Å²) in [5.74, 6) is -0.224. The van der Waals surface area contributed by atoms with Gasteiger partial charge in [0.2, 0.25) is 5.88 Å². The van der Waals surface area contributed by atoms with E-state index < -0.39 is 5.82 Å². The Morgan fingerprint density at radius 2 is 1.89 bits per heavy atom. The first-order valence-corrected chi connectivity index (χ1v) is 5.53. The van der Waals surface area contributed by atoms with E-state index in [0.29, 0.717) is 17.0 Å². The van der Waals surface area contributed by atoms with Crippen molar-refractivity contribution in [3.05, 3.63) is 48.7 Å².